The summed E-state index contributed by atoms with van der Waals surface area (Å²) in [5, 5.41) is 2.92. The minimum atomic E-state index is -0.105. The molecule has 6 nitrogen and oxygen atoms in total. The Balaban J connectivity index is 1.94. The fraction of sp³-hybridized carbons (Fsp3) is 0.160. The molecule has 31 heavy (non-hydrogen) atoms. The number of aromatic nitrogens is 1. The molecule has 2 aromatic heterocycles. The predicted octanol–water partition coefficient (Wildman–Crippen LogP) is 5.06. The molecule has 0 aliphatic rings. The van der Waals surface area contributed by atoms with Crippen LogP contribution in [0, 0.1) is 0 Å². The summed E-state index contributed by atoms with van der Waals surface area (Å²) in [7, 11) is 3.28. The van der Waals surface area contributed by atoms with Crippen LogP contribution in [0.5, 0.6) is 11.5 Å². The molecule has 0 atom stereocenters. The van der Waals surface area contributed by atoms with Crippen molar-refractivity contribution in [3.05, 3.63) is 78.6 Å². The second-order valence-electron chi connectivity index (χ2n) is 7.05. The second-order valence-corrected chi connectivity index (χ2v) is 7.05. The molecule has 0 fully saturated rings. The van der Waals surface area contributed by atoms with E-state index in [2.05, 4.69) is 5.32 Å². The molecule has 6 heteroatoms. The Kier molecular flexibility index (Phi) is 5.80. The van der Waals surface area contributed by atoms with E-state index >= 15 is 0 Å². The summed E-state index contributed by atoms with van der Waals surface area (Å²) in [5.41, 5.74) is 3.69. The van der Waals surface area contributed by atoms with Gasteiger partial charge < -0.3 is 19.2 Å². The van der Waals surface area contributed by atoms with Crippen LogP contribution in [-0.4, -0.2) is 24.7 Å². The molecule has 2 aromatic carbocycles. The highest BCUT2D eigenvalue weighted by atomic mass is 16.5. The molecule has 158 valence electrons. The van der Waals surface area contributed by atoms with Gasteiger partial charge in [-0.05, 0) is 54.1 Å². The number of hydrogen-bond donors (Lipinski definition) is 1. The zero-order valence-corrected chi connectivity index (χ0v) is 17.7. The molecule has 0 saturated heterocycles. The summed E-state index contributed by atoms with van der Waals surface area (Å²) < 4.78 is 19.0. The molecule has 4 aromatic rings. The average molecular weight is 416 g/mol. The monoisotopic (exact) mass is 416 g/mol. The predicted molar refractivity (Wildman–Crippen MR) is 120 cm³/mol. The van der Waals surface area contributed by atoms with E-state index in [1.807, 2.05) is 77.6 Å². The zero-order chi connectivity index (χ0) is 21.8. The van der Waals surface area contributed by atoms with Crippen molar-refractivity contribution < 1.29 is 18.7 Å². The van der Waals surface area contributed by atoms with Crippen LogP contribution in [0.4, 0.5) is 0 Å². The maximum atomic E-state index is 11.7. The first-order valence-corrected chi connectivity index (χ1v) is 9.93. The topological polar surface area (TPSA) is 65.6 Å². The Labute approximate surface area is 181 Å². The minimum absolute atomic E-state index is 0.105. The number of nitrogens with zero attached hydrogens (tertiary/aromatic N) is 1. The summed E-state index contributed by atoms with van der Waals surface area (Å²) in [6.45, 7) is 1.84. The van der Waals surface area contributed by atoms with Crippen molar-refractivity contribution in [2.45, 2.75) is 13.5 Å². The Hall–Kier alpha value is -3.93. The van der Waals surface area contributed by atoms with Gasteiger partial charge in [0, 0.05) is 42.6 Å². The first-order chi connectivity index (χ1) is 15.1. The average Bonchev–Trinajstić information content (AvgIpc) is 3.45. The third-order valence-corrected chi connectivity index (χ3v) is 5.07. The van der Waals surface area contributed by atoms with Gasteiger partial charge in [-0.2, -0.15) is 0 Å². The van der Waals surface area contributed by atoms with E-state index in [0.29, 0.717) is 12.4 Å². The second kappa shape index (κ2) is 8.83. The molecule has 2 heterocycles. The van der Waals surface area contributed by atoms with Crippen LogP contribution in [0.25, 0.3) is 28.3 Å². The van der Waals surface area contributed by atoms with Crippen LogP contribution in [0.2, 0.25) is 0 Å². The standard InChI is InChI=1S/C25H24N2O4/c1-17(28)26-16-22-23(18-6-10-20(29-2)11-7-18)24(19-8-12-21(30-3)13-9-19)31-25(22)27-14-4-5-15-27/h4-15H,16H2,1-3H3,(H,26,28). The summed E-state index contributed by atoms with van der Waals surface area (Å²) >= 11 is 0. The number of furan rings is 1. The number of nitrogens with one attached hydrogen (secondary N) is 1. The van der Waals surface area contributed by atoms with Gasteiger partial charge >= 0.3 is 0 Å². The number of benzene rings is 2. The lowest BCUT2D eigenvalue weighted by Crippen LogP contribution is -2.19. The van der Waals surface area contributed by atoms with E-state index < -0.39 is 0 Å². The molecule has 0 saturated carbocycles. The largest absolute Gasteiger partial charge is 0.497 e. The molecular formula is C25H24N2O4. The molecule has 1 amide bonds. The van der Waals surface area contributed by atoms with Gasteiger partial charge in [0.05, 0.1) is 14.2 Å². The van der Waals surface area contributed by atoms with Crippen LogP contribution in [0.1, 0.15) is 12.5 Å². The Morgan fingerprint density at radius 2 is 1.45 bits per heavy atom. The number of methoxy groups -OCH3 is 2. The lowest BCUT2D eigenvalue weighted by molar-refractivity contribution is -0.119. The summed E-state index contributed by atoms with van der Waals surface area (Å²) in [6, 6.07) is 19.4. The van der Waals surface area contributed by atoms with Crippen LogP contribution >= 0.6 is 0 Å². The van der Waals surface area contributed by atoms with Gasteiger partial charge in [-0.15, -0.1) is 0 Å². The number of carbonyl (C=O) groups is 1. The molecule has 4 rings (SSSR count). The van der Waals surface area contributed by atoms with Gasteiger partial charge in [-0.1, -0.05) is 12.1 Å². The number of hydrogen-bond acceptors (Lipinski definition) is 4. The normalized spacial score (nSPS) is 10.7. The van der Waals surface area contributed by atoms with Crippen molar-refractivity contribution in [3.63, 3.8) is 0 Å². The van der Waals surface area contributed by atoms with Crippen molar-refractivity contribution in [1.82, 2.24) is 9.88 Å². The van der Waals surface area contributed by atoms with Crippen molar-refractivity contribution in [2.24, 2.45) is 0 Å². The van der Waals surface area contributed by atoms with Gasteiger partial charge in [0.25, 0.3) is 0 Å². The van der Waals surface area contributed by atoms with Crippen molar-refractivity contribution in [2.75, 3.05) is 14.2 Å². The maximum absolute atomic E-state index is 11.7. The minimum Gasteiger partial charge on any atom is -0.497 e. The van der Waals surface area contributed by atoms with E-state index in [1.54, 1.807) is 14.2 Å². The van der Waals surface area contributed by atoms with Gasteiger partial charge in [-0.3, -0.25) is 9.36 Å². The van der Waals surface area contributed by atoms with Gasteiger partial charge in [0.15, 0.2) is 0 Å². The molecule has 1 N–H and O–H groups in total. The van der Waals surface area contributed by atoms with Gasteiger partial charge in [0.1, 0.15) is 17.3 Å². The van der Waals surface area contributed by atoms with Crippen LogP contribution in [0.3, 0.4) is 0 Å². The number of rotatable bonds is 7. The van der Waals surface area contributed by atoms with Gasteiger partial charge in [0.2, 0.25) is 11.8 Å². The molecule has 0 radical (unpaired) electrons. The first-order valence-electron chi connectivity index (χ1n) is 9.93. The van der Waals surface area contributed by atoms with Crippen molar-refractivity contribution in [1.29, 1.82) is 0 Å². The smallest absolute Gasteiger partial charge is 0.217 e. The lowest BCUT2D eigenvalue weighted by atomic mass is 9.97. The SMILES string of the molecule is COc1ccc(-c2oc(-n3cccc3)c(CNC(C)=O)c2-c2ccc(OC)cc2)cc1. The number of carbonyl (C=O) groups excluding carboxylic acids is 1. The Bertz CT molecular complexity index is 1160. The summed E-state index contributed by atoms with van der Waals surface area (Å²) in [6.07, 6.45) is 3.84. The molecule has 0 aliphatic heterocycles. The molecule has 0 aliphatic carbocycles. The zero-order valence-electron chi connectivity index (χ0n) is 17.7. The molecule has 0 bridgehead atoms. The van der Waals surface area contributed by atoms with E-state index in [0.717, 1.165) is 39.5 Å². The highest BCUT2D eigenvalue weighted by Gasteiger charge is 2.24. The van der Waals surface area contributed by atoms with Crippen LogP contribution < -0.4 is 14.8 Å². The maximum Gasteiger partial charge on any atom is 0.217 e. The Morgan fingerprint density at radius 3 is 1.97 bits per heavy atom. The fourth-order valence-corrected chi connectivity index (χ4v) is 3.52. The van der Waals surface area contributed by atoms with Gasteiger partial charge in [-0.25, -0.2) is 0 Å². The molecule has 0 unspecified atom stereocenters. The van der Waals surface area contributed by atoms with E-state index in [9.17, 15) is 4.79 Å². The highest BCUT2D eigenvalue weighted by Crippen LogP contribution is 2.41. The number of ether oxygens (including phenoxy) is 2. The quantitative estimate of drug-likeness (QED) is 0.457. The fourth-order valence-electron chi connectivity index (χ4n) is 3.52. The van der Waals surface area contributed by atoms with Crippen LogP contribution in [-0.2, 0) is 11.3 Å². The highest BCUT2D eigenvalue weighted by molar-refractivity contribution is 5.85. The van der Waals surface area contributed by atoms with E-state index in [4.69, 9.17) is 13.9 Å². The number of amides is 1. The summed E-state index contributed by atoms with van der Waals surface area (Å²) in [4.78, 5) is 11.7. The summed E-state index contributed by atoms with van der Waals surface area (Å²) in [5.74, 6) is 2.82. The van der Waals surface area contributed by atoms with E-state index in [1.165, 1.54) is 6.92 Å². The third kappa shape index (κ3) is 4.19. The molecular weight excluding hydrogens is 392 g/mol. The first kappa shape index (κ1) is 20.3. The van der Waals surface area contributed by atoms with E-state index in [-0.39, 0.29) is 5.91 Å². The third-order valence-electron chi connectivity index (χ3n) is 5.07. The van der Waals surface area contributed by atoms with Crippen molar-refractivity contribution in [3.8, 4) is 39.8 Å². The van der Waals surface area contributed by atoms with Crippen molar-refractivity contribution >= 4 is 5.91 Å². The Morgan fingerprint density at radius 1 is 0.903 bits per heavy atom. The van der Waals surface area contributed by atoms with Crippen LogP contribution in [0.15, 0.2) is 77.5 Å². The lowest BCUT2D eigenvalue weighted by Gasteiger charge is -2.09. The molecule has 0 spiro atoms.